The quantitative estimate of drug-likeness (QED) is 0.849. The average molecular weight is 366 g/mol. The zero-order chi connectivity index (χ0) is 18.6. The van der Waals surface area contributed by atoms with E-state index in [9.17, 15) is 9.59 Å². The maximum absolute atomic E-state index is 12.0. The first-order valence-corrected chi connectivity index (χ1v) is 9.69. The molecule has 0 spiro atoms. The highest BCUT2D eigenvalue weighted by molar-refractivity contribution is 5.95. The van der Waals surface area contributed by atoms with Gasteiger partial charge in [-0.2, -0.15) is 0 Å². The monoisotopic (exact) mass is 366 g/mol. The Morgan fingerprint density at radius 3 is 2.41 bits per heavy atom. The van der Waals surface area contributed by atoms with Crippen molar-refractivity contribution >= 4 is 22.7 Å². The SMILES string of the molecule is O=C(CN1CCN(Cc2cccc3ccccc23)CC1)NC(=O)NC1CC1. The summed E-state index contributed by atoms with van der Waals surface area (Å²) in [5.74, 6) is -0.226. The van der Waals surface area contributed by atoms with E-state index in [-0.39, 0.29) is 24.5 Å². The Hall–Kier alpha value is -2.44. The van der Waals surface area contributed by atoms with E-state index in [1.807, 2.05) is 0 Å². The van der Waals surface area contributed by atoms with Gasteiger partial charge in [0.15, 0.2) is 0 Å². The average Bonchev–Trinajstić information content (AvgIpc) is 3.47. The number of carbonyl (C=O) groups excluding carboxylic acids is 2. The summed E-state index contributed by atoms with van der Waals surface area (Å²) in [6, 6.07) is 14.8. The van der Waals surface area contributed by atoms with Gasteiger partial charge in [0.05, 0.1) is 6.54 Å². The third-order valence-corrected chi connectivity index (χ3v) is 5.27. The molecule has 2 aliphatic rings. The highest BCUT2D eigenvalue weighted by Gasteiger charge is 2.25. The van der Waals surface area contributed by atoms with E-state index in [0.717, 1.165) is 45.6 Å². The van der Waals surface area contributed by atoms with E-state index in [2.05, 4.69) is 62.9 Å². The molecule has 1 aliphatic heterocycles. The molecule has 0 aromatic heterocycles. The zero-order valence-corrected chi connectivity index (χ0v) is 15.5. The van der Waals surface area contributed by atoms with Gasteiger partial charge in [-0.15, -0.1) is 0 Å². The van der Waals surface area contributed by atoms with E-state index < -0.39 is 0 Å². The van der Waals surface area contributed by atoms with Crippen LogP contribution in [0.4, 0.5) is 4.79 Å². The molecule has 142 valence electrons. The summed E-state index contributed by atoms with van der Waals surface area (Å²) in [4.78, 5) is 28.2. The number of benzene rings is 2. The standard InChI is InChI=1S/C21H26N4O2/c26-20(23-21(27)22-18-8-9-18)15-25-12-10-24(11-13-25)14-17-6-3-5-16-4-1-2-7-19(16)17/h1-7,18H,8-15H2,(H2,22,23,26,27). The predicted octanol–water partition coefficient (Wildman–Crippen LogP) is 1.95. The van der Waals surface area contributed by atoms with E-state index >= 15 is 0 Å². The van der Waals surface area contributed by atoms with Gasteiger partial charge in [0.2, 0.25) is 5.91 Å². The number of urea groups is 1. The lowest BCUT2D eigenvalue weighted by Crippen LogP contribution is -2.50. The van der Waals surface area contributed by atoms with Crippen LogP contribution in [0.2, 0.25) is 0 Å². The first-order chi connectivity index (χ1) is 13.2. The number of hydrogen-bond acceptors (Lipinski definition) is 4. The molecule has 0 radical (unpaired) electrons. The lowest BCUT2D eigenvalue weighted by atomic mass is 10.0. The van der Waals surface area contributed by atoms with E-state index in [0.29, 0.717) is 0 Å². The summed E-state index contributed by atoms with van der Waals surface area (Å²) in [5, 5.41) is 7.78. The summed E-state index contributed by atoms with van der Waals surface area (Å²) in [7, 11) is 0. The first-order valence-electron chi connectivity index (χ1n) is 9.69. The van der Waals surface area contributed by atoms with Crippen LogP contribution in [0.1, 0.15) is 18.4 Å². The molecule has 27 heavy (non-hydrogen) atoms. The second-order valence-corrected chi connectivity index (χ2v) is 7.49. The van der Waals surface area contributed by atoms with Crippen LogP contribution in [-0.2, 0) is 11.3 Å². The maximum Gasteiger partial charge on any atom is 0.321 e. The molecule has 2 aromatic carbocycles. The number of nitrogens with zero attached hydrogens (tertiary/aromatic N) is 2. The fraction of sp³-hybridized carbons (Fsp3) is 0.429. The Morgan fingerprint density at radius 1 is 0.926 bits per heavy atom. The minimum absolute atomic E-state index is 0.226. The number of hydrogen-bond donors (Lipinski definition) is 2. The number of fused-ring (bicyclic) bond motifs is 1. The summed E-state index contributed by atoms with van der Waals surface area (Å²) < 4.78 is 0. The van der Waals surface area contributed by atoms with Crippen molar-refractivity contribution in [3.63, 3.8) is 0 Å². The van der Waals surface area contributed by atoms with Gasteiger partial charge in [0.1, 0.15) is 0 Å². The largest absolute Gasteiger partial charge is 0.335 e. The van der Waals surface area contributed by atoms with E-state index in [1.54, 1.807) is 0 Å². The Labute approximate surface area is 159 Å². The van der Waals surface area contributed by atoms with Crippen molar-refractivity contribution in [1.29, 1.82) is 0 Å². The van der Waals surface area contributed by atoms with Crippen molar-refractivity contribution < 1.29 is 9.59 Å². The molecule has 2 N–H and O–H groups in total. The molecule has 1 saturated heterocycles. The lowest BCUT2D eigenvalue weighted by Gasteiger charge is -2.34. The van der Waals surface area contributed by atoms with Crippen molar-refractivity contribution in [2.45, 2.75) is 25.4 Å². The Balaban J connectivity index is 1.25. The Kier molecular flexibility index (Phi) is 5.36. The van der Waals surface area contributed by atoms with Gasteiger partial charge < -0.3 is 5.32 Å². The van der Waals surface area contributed by atoms with Crippen LogP contribution >= 0.6 is 0 Å². The number of nitrogens with one attached hydrogen (secondary N) is 2. The van der Waals surface area contributed by atoms with Crippen molar-refractivity contribution in [1.82, 2.24) is 20.4 Å². The summed E-state index contributed by atoms with van der Waals surface area (Å²) >= 11 is 0. The molecule has 0 unspecified atom stereocenters. The molecule has 6 nitrogen and oxygen atoms in total. The van der Waals surface area contributed by atoms with E-state index in [1.165, 1.54) is 16.3 Å². The fourth-order valence-electron chi connectivity index (χ4n) is 3.60. The molecule has 3 amide bonds. The van der Waals surface area contributed by atoms with Crippen LogP contribution in [0.5, 0.6) is 0 Å². The topological polar surface area (TPSA) is 64.7 Å². The van der Waals surface area contributed by atoms with Crippen LogP contribution in [-0.4, -0.2) is 60.5 Å². The van der Waals surface area contributed by atoms with Crippen molar-refractivity contribution in [2.75, 3.05) is 32.7 Å². The second-order valence-electron chi connectivity index (χ2n) is 7.49. The number of rotatable bonds is 5. The third-order valence-electron chi connectivity index (χ3n) is 5.27. The van der Waals surface area contributed by atoms with Crippen LogP contribution in [0, 0.1) is 0 Å². The molecule has 2 fully saturated rings. The molecule has 0 bridgehead atoms. The summed E-state index contributed by atoms with van der Waals surface area (Å²) in [6.45, 7) is 4.71. The minimum atomic E-state index is -0.364. The first kappa shape index (κ1) is 17.9. The van der Waals surface area contributed by atoms with Gasteiger partial charge in [-0.05, 0) is 29.2 Å². The maximum atomic E-state index is 12.0. The predicted molar refractivity (Wildman–Crippen MR) is 105 cm³/mol. The third kappa shape index (κ3) is 4.84. The number of carbonyl (C=O) groups is 2. The Bertz CT molecular complexity index is 821. The molecular formula is C21H26N4O2. The molecule has 2 aromatic rings. The van der Waals surface area contributed by atoms with Gasteiger partial charge in [-0.25, -0.2) is 4.79 Å². The normalized spacial score (nSPS) is 18.4. The van der Waals surface area contributed by atoms with Gasteiger partial charge in [0, 0.05) is 38.8 Å². The van der Waals surface area contributed by atoms with Gasteiger partial charge in [-0.3, -0.25) is 19.9 Å². The van der Waals surface area contributed by atoms with Crippen LogP contribution in [0.25, 0.3) is 10.8 Å². The second kappa shape index (κ2) is 8.06. The highest BCUT2D eigenvalue weighted by Crippen LogP contribution is 2.20. The molecule has 1 heterocycles. The Morgan fingerprint density at radius 2 is 1.63 bits per heavy atom. The fourth-order valence-corrected chi connectivity index (χ4v) is 3.60. The number of imide groups is 1. The smallest absolute Gasteiger partial charge is 0.321 e. The van der Waals surface area contributed by atoms with Crippen LogP contribution in [0.3, 0.4) is 0 Å². The molecule has 6 heteroatoms. The molecular weight excluding hydrogens is 340 g/mol. The molecule has 4 rings (SSSR count). The van der Waals surface area contributed by atoms with Crippen molar-refractivity contribution in [3.05, 3.63) is 48.0 Å². The lowest BCUT2D eigenvalue weighted by molar-refractivity contribution is -0.121. The van der Waals surface area contributed by atoms with Crippen molar-refractivity contribution in [2.24, 2.45) is 0 Å². The minimum Gasteiger partial charge on any atom is -0.335 e. The van der Waals surface area contributed by atoms with Crippen LogP contribution < -0.4 is 10.6 Å². The van der Waals surface area contributed by atoms with Crippen molar-refractivity contribution in [3.8, 4) is 0 Å². The van der Waals surface area contributed by atoms with E-state index in [4.69, 9.17) is 0 Å². The van der Waals surface area contributed by atoms with Gasteiger partial charge >= 0.3 is 6.03 Å². The number of amides is 3. The zero-order valence-electron chi connectivity index (χ0n) is 15.5. The van der Waals surface area contributed by atoms with Gasteiger partial charge in [0.25, 0.3) is 0 Å². The highest BCUT2D eigenvalue weighted by atomic mass is 16.2. The molecule has 1 saturated carbocycles. The number of piperazine rings is 1. The van der Waals surface area contributed by atoms with Gasteiger partial charge in [-0.1, -0.05) is 42.5 Å². The summed E-state index contributed by atoms with van der Waals surface area (Å²) in [6.07, 6.45) is 2.03. The molecule has 0 atom stereocenters. The summed E-state index contributed by atoms with van der Waals surface area (Å²) in [5.41, 5.74) is 1.34. The molecule has 1 aliphatic carbocycles. The van der Waals surface area contributed by atoms with Crippen LogP contribution in [0.15, 0.2) is 42.5 Å².